The fourth-order valence-corrected chi connectivity index (χ4v) is 3.06. The Morgan fingerprint density at radius 1 is 1.04 bits per heavy atom. The molecule has 2 aromatic heterocycles. The van der Waals surface area contributed by atoms with Crippen LogP contribution in [0, 0.1) is 0 Å². The Balaban J connectivity index is 1.49. The average molecular weight is 361 g/mol. The van der Waals surface area contributed by atoms with Gasteiger partial charge in [-0.05, 0) is 29.8 Å². The molecular formula is C20H19N5O2. The van der Waals surface area contributed by atoms with E-state index in [0.29, 0.717) is 24.7 Å². The second kappa shape index (κ2) is 7.51. The molecule has 7 nitrogen and oxygen atoms in total. The molecule has 0 bridgehead atoms. The third-order valence-corrected chi connectivity index (χ3v) is 4.52. The maximum atomic E-state index is 11.2. The quantitative estimate of drug-likeness (QED) is 0.766. The highest BCUT2D eigenvalue weighted by Crippen LogP contribution is 2.25. The van der Waals surface area contributed by atoms with E-state index in [1.165, 1.54) is 0 Å². The van der Waals surface area contributed by atoms with Crippen molar-refractivity contribution in [1.29, 1.82) is 0 Å². The molecule has 1 saturated heterocycles. The number of amides is 1. The van der Waals surface area contributed by atoms with Crippen molar-refractivity contribution in [2.45, 2.75) is 6.10 Å². The van der Waals surface area contributed by atoms with Crippen molar-refractivity contribution in [3.63, 3.8) is 0 Å². The largest absolute Gasteiger partial charge is 0.368 e. The molecule has 0 spiro atoms. The summed E-state index contributed by atoms with van der Waals surface area (Å²) in [5, 5.41) is 0. The Morgan fingerprint density at radius 2 is 1.78 bits per heavy atom. The number of benzene rings is 1. The van der Waals surface area contributed by atoms with E-state index >= 15 is 0 Å². The van der Waals surface area contributed by atoms with Crippen LogP contribution in [0.15, 0.2) is 61.1 Å². The fraction of sp³-hybridized carbons (Fsp3) is 0.200. The van der Waals surface area contributed by atoms with Gasteiger partial charge in [-0.15, -0.1) is 0 Å². The summed E-state index contributed by atoms with van der Waals surface area (Å²) in [7, 11) is 0. The standard InChI is InChI=1S/C20H19N5O2/c21-19(26)15-4-2-14(3-5-15)16-6-7-17(24-12-16)18-13-25(10-11-27-18)20-22-8-1-9-23-20/h1-9,12,18H,10-11,13H2,(H2,21,26). The fourth-order valence-electron chi connectivity index (χ4n) is 3.06. The molecule has 0 radical (unpaired) electrons. The number of pyridine rings is 1. The molecule has 0 saturated carbocycles. The molecule has 7 heteroatoms. The Morgan fingerprint density at radius 3 is 2.44 bits per heavy atom. The number of nitrogens with two attached hydrogens (primary N) is 1. The second-order valence-electron chi connectivity index (χ2n) is 6.27. The zero-order valence-electron chi connectivity index (χ0n) is 14.7. The number of ether oxygens (including phenoxy) is 1. The third-order valence-electron chi connectivity index (χ3n) is 4.52. The van der Waals surface area contributed by atoms with Gasteiger partial charge in [0.1, 0.15) is 6.10 Å². The first-order valence-corrected chi connectivity index (χ1v) is 8.70. The molecular weight excluding hydrogens is 342 g/mol. The van der Waals surface area contributed by atoms with Crippen molar-refractivity contribution in [3.05, 3.63) is 72.3 Å². The summed E-state index contributed by atoms with van der Waals surface area (Å²) >= 11 is 0. The van der Waals surface area contributed by atoms with Crippen LogP contribution in [0.4, 0.5) is 5.95 Å². The van der Waals surface area contributed by atoms with Gasteiger partial charge in [0.2, 0.25) is 11.9 Å². The van der Waals surface area contributed by atoms with Crippen molar-refractivity contribution in [1.82, 2.24) is 15.0 Å². The van der Waals surface area contributed by atoms with Gasteiger partial charge in [-0.25, -0.2) is 9.97 Å². The minimum Gasteiger partial charge on any atom is -0.368 e. The maximum absolute atomic E-state index is 11.2. The van der Waals surface area contributed by atoms with Crippen molar-refractivity contribution < 1.29 is 9.53 Å². The van der Waals surface area contributed by atoms with Crippen LogP contribution < -0.4 is 10.6 Å². The summed E-state index contributed by atoms with van der Waals surface area (Å²) in [4.78, 5) is 26.5. The third kappa shape index (κ3) is 3.78. The van der Waals surface area contributed by atoms with E-state index in [2.05, 4.69) is 19.9 Å². The number of hydrogen-bond donors (Lipinski definition) is 1. The zero-order valence-corrected chi connectivity index (χ0v) is 14.7. The predicted octanol–water partition coefficient (Wildman–Crippen LogP) is 2.22. The normalized spacial score (nSPS) is 16.9. The Labute approximate surface area is 156 Å². The lowest BCUT2D eigenvalue weighted by molar-refractivity contribution is 0.0365. The van der Waals surface area contributed by atoms with Gasteiger partial charge < -0.3 is 15.4 Å². The monoisotopic (exact) mass is 361 g/mol. The number of carbonyl (C=O) groups is 1. The van der Waals surface area contributed by atoms with E-state index in [9.17, 15) is 4.79 Å². The van der Waals surface area contributed by atoms with E-state index in [1.54, 1.807) is 30.6 Å². The minimum atomic E-state index is -0.434. The summed E-state index contributed by atoms with van der Waals surface area (Å²) in [6.07, 6.45) is 5.16. The number of rotatable bonds is 4. The first kappa shape index (κ1) is 17.1. The van der Waals surface area contributed by atoms with E-state index < -0.39 is 5.91 Å². The number of anilines is 1. The van der Waals surface area contributed by atoms with E-state index in [0.717, 1.165) is 23.4 Å². The molecule has 0 aliphatic carbocycles. The number of nitrogens with zero attached hydrogens (tertiary/aromatic N) is 4. The Bertz CT molecular complexity index is 913. The molecule has 3 heterocycles. The van der Waals surface area contributed by atoms with Crippen LogP contribution in [0.25, 0.3) is 11.1 Å². The molecule has 1 unspecified atom stereocenters. The van der Waals surface area contributed by atoms with E-state index in [-0.39, 0.29) is 6.10 Å². The molecule has 1 aliphatic rings. The zero-order chi connectivity index (χ0) is 18.6. The van der Waals surface area contributed by atoms with Gasteiger partial charge in [-0.1, -0.05) is 18.2 Å². The van der Waals surface area contributed by atoms with Crippen molar-refractivity contribution in [3.8, 4) is 11.1 Å². The highest BCUT2D eigenvalue weighted by atomic mass is 16.5. The smallest absolute Gasteiger partial charge is 0.248 e. The summed E-state index contributed by atoms with van der Waals surface area (Å²) in [6, 6.07) is 12.9. The number of aromatic nitrogens is 3. The molecule has 27 heavy (non-hydrogen) atoms. The van der Waals surface area contributed by atoms with Gasteiger partial charge in [-0.3, -0.25) is 9.78 Å². The van der Waals surface area contributed by atoms with Crippen molar-refractivity contribution in [2.24, 2.45) is 5.73 Å². The van der Waals surface area contributed by atoms with Gasteiger partial charge >= 0.3 is 0 Å². The second-order valence-corrected chi connectivity index (χ2v) is 6.27. The molecule has 2 N–H and O–H groups in total. The predicted molar refractivity (Wildman–Crippen MR) is 101 cm³/mol. The number of morpholine rings is 1. The van der Waals surface area contributed by atoms with Gasteiger partial charge in [0.15, 0.2) is 0 Å². The van der Waals surface area contributed by atoms with Crippen LogP contribution in [-0.2, 0) is 4.74 Å². The molecule has 1 atom stereocenters. The molecule has 3 aromatic rings. The molecule has 1 aliphatic heterocycles. The summed E-state index contributed by atoms with van der Waals surface area (Å²) < 4.78 is 5.89. The summed E-state index contributed by atoms with van der Waals surface area (Å²) in [5.41, 5.74) is 8.58. The summed E-state index contributed by atoms with van der Waals surface area (Å²) in [5.74, 6) is 0.272. The molecule has 1 amide bonds. The Kier molecular flexibility index (Phi) is 4.76. The lowest BCUT2D eigenvalue weighted by atomic mass is 10.0. The first-order chi connectivity index (χ1) is 13.2. The van der Waals surface area contributed by atoms with E-state index in [4.69, 9.17) is 10.5 Å². The average Bonchev–Trinajstić information content (AvgIpc) is 2.75. The van der Waals surface area contributed by atoms with Gasteiger partial charge in [0.25, 0.3) is 0 Å². The van der Waals surface area contributed by atoms with Gasteiger partial charge in [0.05, 0.1) is 18.8 Å². The SMILES string of the molecule is NC(=O)c1ccc(-c2ccc(C3CN(c4ncccn4)CCO3)nc2)cc1. The molecule has 136 valence electrons. The van der Waals surface area contributed by atoms with Crippen molar-refractivity contribution in [2.75, 3.05) is 24.6 Å². The molecule has 1 fully saturated rings. The number of carbonyl (C=O) groups excluding carboxylic acids is 1. The van der Waals surface area contributed by atoms with Crippen LogP contribution in [0.2, 0.25) is 0 Å². The minimum absolute atomic E-state index is 0.131. The maximum Gasteiger partial charge on any atom is 0.248 e. The lowest BCUT2D eigenvalue weighted by Gasteiger charge is -2.32. The van der Waals surface area contributed by atoms with Crippen LogP contribution in [-0.4, -0.2) is 40.6 Å². The molecule has 4 rings (SSSR count). The van der Waals surface area contributed by atoms with Crippen LogP contribution in [0.5, 0.6) is 0 Å². The van der Waals surface area contributed by atoms with Gasteiger partial charge in [0, 0.05) is 36.3 Å². The molecule has 1 aromatic carbocycles. The van der Waals surface area contributed by atoms with Crippen LogP contribution in [0.3, 0.4) is 0 Å². The van der Waals surface area contributed by atoms with Crippen LogP contribution in [0.1, 0.15) is 22.2 Å². The number of hydrogen-bond acceptors (Lipinski definition) is 6. The highest BCUT2D eigenvalue weighted by Gasteiger charge is 2.24. The summed E-state index contributed by atoms with van der Waals surface area (Å²) in [6.45, 7) is 2.01. The van der Waals surface area contributed by atoms with Crippen molar-refractivity contribution >= 4 is 11.9 Å². The van der Waals surface area contributed by atoms with Crippen LogP contribution >= 0.6 is 0 Å². The number of primary amides is 1. The first-order valence-electron chi connectivity index (χ1n) is 8.70. The topological polar surface area (TPSA) is 94.2 Å². The van der Waals surface area contributed by atoms with E-state index in [1.807, 2.05) is 30.5 Å². The lowest BCUT2D eigenvalue weighted by Crippen LogP contribution is -2.39. The highest BCUT2D eigenvalue weighted by molar-refractivity contribution is 5.93. The van der Waals surface area contributed by atoms with Gasteiger partial charge in [-0.2, -0.15) is 0 Å². The Hall–Kier alpha value is -3.32.